The molecule has 0 aliphatic rings. The van der Waals surface area contributed by atoms with Crippen molar-refractivity contribution in [3.63, 3.8) is 0 Å². The van der Waals surface area contributed by atoms with Crippen LogP contribution in [0.2, 0.25) is 0 Å². The lowest BCUT2D eigenvalue weighted by atomic mass is 10.0. The van der Waals surface area contributed by atoms with E-state index in [1.807, 2.05) is 31.2 Å². The Bertz CT molecular complexity index is 933. The number of hydrogen-bond acceptors (Lipinski definition) is 7. The summed E-state index contributed by atoms with van der Waals surface area (Å²) in [6, 6.07) is 7.41. The summed E-state index contributed by atoms with van der Waals surface area (Å²) in [5.74, 6) is -0.984. The number of methoxy groups -OCH3 is 1. The van der Waals surface area contributed by atoms with Crippen molar-refractivity contribution in [2.75, 3.05) is 13.7 Å². The van der Waals surface area contributed by atoms with Crippen molar-refractivity contribution in [3.05, 3.63) is 41.1 Å². The summed E-state index contributed by atoms with van der Waals surface area (Å²) in [5, 5.41) is 3.42. The van der Waals surface area contributed by atoms with E-state index in [0.29, 0.717) is 23.2 Å². The highest BCUT2D eigenvalue weighted by atomic mass is 16.6. The molecule has 162 valence electrons. The van der Waals surface area contributed by atoms with Crippen LogP contribution >= 0.6 is 0 Å². The van der Waals surface area contributed by atoms with Gasteiger partial charge in [-0.1, -0.05) is 18.2 Å². The molecule has 1 heterocycles. The van der Waals surface area contributed by atoms with Crippen LogP contribution in [-0.2, 0) is 25.6 Å². The molecular weight excluding hydrogens is 388 g/mol. The van der Waals surface area contributed by atoms with Gasteiger partial charge in [-0.25, -0.2) is 14.6 Å². The maximum Gasteiger partial charge on any atom is 0.407 e. The lowest BCUT2D eigenvalue weighted by Crippen LogP contribution is -2.33. The fraction of sp³-hybridized carbons (Fsp3) is 0.455. The minimum atomic E-state index is -0.578. The molecule has 1 aromatic carbocycles. The number of carbonyl (C=O) groups is 3. The van der Waals surface area contributed by atoms with Gasteiger partial charge in [-0.3, -0.25) is 4.79 Å². The van der Waals surface area contributed by atoms with Gasteiger partial charge in [0, 0.05) is 18.4 Å². The van der Waals surface area contributed by atoms with Crippen LogP contribution in [0.3, 0.4) is 0 Å². The Morgan fingerprint density at radius 2 is 1.83 bits per heavy atom. The van der Waals surface area contributed by atoms with Crippen LogP contribution in [0.4, 0.5) is 4.79 Å². The Hall–Kier alpha value is -3.16. The number of fused-ring (bicyclic) bond motifs is 1. The number of amides is 1. The molecule has 8 heteroatoms. The maximum absolute atomic E-state index is 12.3. The lowest BCUT2D eigenvalue weighted by molar-refractivity contribution is -0.145. The van der Waals surface area contributed by atoms with Gasteiger partial charge < -0.3 is 19.5 Å². The third kappa shape index (κ3) is 6.43. The van der Waals surface area contributed by atoms with Gasteiger partial charge in [-0.2, -0.15) is 0 Å². The van der Waals surface area contributed by atoms with Crippen molar-refractivity contribution >= 4 is 28.9 Å². The molecule has 1 amide bonds. The van der Waals surface area contributed by atoms with Crippen molar-refractivity contribution < 1.29 is 28.6 Å². The molecule has 1 N–H and O–H groups in total. The molecule has 2 rings (SSSR count). The number of esters is 2. The summed E-state index contributed by atoms with van der Waals surface area (Å²) in [5.41, 5.74) is 1.50. The average molecular weight is 416 g/mol. The number of nitrogens with zero attached hydrogens (tertiary/aromatic N) is 1. The molecule has 30 heavy (non-hydrogen) atoms. The summed E-state index contributed by atoms with van der Waals surface area (Å²) in [7, 11) is 1.30. The van der Waals surface area contributed by atoms with Gasteiger partial charge in [-0.05, 0) is 45.7 Å². The van der Waals surface area contributed by atoms with E-state index in [-0.39, 0.29) is 19.6 Å². The first-order chi connectivity index (χ1) is 14.1. The van der Waals surface area contributed by atoms with Crippen molar-refractivity contribution in [1.82, 2.24) is 10.3 Å². The fourth-order valence-corrected chi connectivity index (χ4v) is 2.88. The molecular formula is C22H28N2O6. The normalized spacial score (nSPS) is 11.1. The highest BCUT2D eigenvalue weighted by Crippen LogP contribution is 2.24. The number of hydrogen-bond donors (Lipinski definition) is 1. The zero-order chi connectivity index (χ0) is 22.3. The molecule has 0 spiro atoms. The lowest BCUT2D eigenvalue weighted by Gasteiger charge is -2.19. The van der Waals surface area contributed by atoms with E-state index in [1.54, 1.807) is 20.8 Å². The van der Waals surface area contributed by atoms with Crippen LogP contribution in [0, 0.1) is 6.92 Å². The smallest absolute Gasteiger partial charge is 0.407 e. The van der Waals surface area contributed by atoms with E-state index in [2.05, 4.69) is 10.3 Å². The second-order valence-corrected chi connectivity index (χ2v) is 7.76. The van der Waals surface area contributed by atoms with Gasteiger partial charge in [0.15, 0.2) is 0 Å². The van der Waals surface area contributed by atoms with Crippen LogP contribution < -0.4 is 5.32 Å². The number of pyridine rings is 1. The van der Waals surface area contributed by atoms with E-state index in [0.717, 1.165) is 10.9 Å². The van der Waals surface area contributed by atoms with Crippen molar-refractivity contribution in [2.24, 2.45) is 0 Å². The largest absolute Gasteiger partial charge is 0.465 e. The van der Waals surface area contributed by atoms with Crippen LogP contribution in [0.5, 0.6) is 0 Å². The Morgan fingerprint density at radius 1 is 1.13 bits per heavy atom. The number of carbonyl (C=O) groups excluding carboxylic acids is 3. The molecule has 1 aromatic heterocycles. The highest BCUT2D eigenvalue weighted by Gasteiger charge is 2.20. The molecule has 0 fully saturated rings. The Morgan fingerprint density at radius 3 is 2.50 bits per heavy atom. The quantitative estimate of drug-likeness (QED) is 0.417. The molecule has 0 aliphatic carbocycles. The van der Waals surface area contributed by atoms with E-state index in [9.17, 15) is 14.4 Å². The number of aryl methyl sites for hydroxylation is 1. The summed E-state index contributed by atoms with van der Waals surface area (Å²) >= 11 is 0. The summed E-state index contributed by atoms with van der Waals surface area (Å²) < 4.78 is 15.3. The molecule has 8 nitrogen and oxygen atoms in total. The van der Waals surface area contributed by atoms with Crippen molar-refractivity contribution in [3.8, 4) is 0 Å². The molecule has 2 aromatic rings. The zero-order valence-electron chi connectivity index (χ0n) is 18.0. The number of para-hydroxylation sites is 1. The monoisotopic (exact) mass is 416 g/mol. The van der Waals surface area contributed by atoms with Gasteiger partial charge in [0.1, 0.15) is 12.2 Å². The van der Waals surface area contributed by atoms with Gasteiger partial charge in [-0.15, -0.1) is 0 Å². The minimum absolute atomic E-state index is 0.107. The van der Waals surface area contributed by atoms with Crippen LogP contribution in [0.1, 0.15) is 55.2 Å². The Kier molecular flexibility index (Phi) is 7.74. The maximum atomic E-state index is 12.3. The Balaban J connectivity index is 1.96. The number of ether oxygens (including phenoxy) is 3. The van der Waals surface area contributed by atoms with Gasteiger partial charge in [0.05, 0.1) is 23.9 Å². The molecule has 0 unspecified atom stereocenters. The van der Waals surface area contributed by atoms with Gasteiger partial charge in [0.25, 0.3) is 0 Å². The SMILES string of the molecule is COC(=O)c1c(COC(=O)CCCNC(=O)OC(C)(C)C)nc2ccccc2c1C. The number of alkyl carbamates (subject to hydrolysis) is 1. The molecule has 0 saturated heterocycles. The summed E-state index contributed by atoms with van der Waals surface area (Å²) in [6.07, 6.45) is -0.0309. The van der Waals surface area contributed by atoms with E-state index in [4.69, 9.17) is 14.2 Å². The number of nitrogens with one attached hydrogen (secondary N) is 1. The first kappa shape index (κ1) is 23.1. The highest BCUT2D eigenvalue weighted by molar-refractivity contribution is 5.98. The van der Waals surface area contributed by atoms with E-state index >= 15 is 0 Å². The molecule has 0 atom stereocenters. The summed E-state index contributed by atoms with van der Waals surface area (Å²) in [4.78, 5) is 40.4. The first-order valence-electron chi connectivity index (χ1n) is 9.71. The van der Waals surface area contributed by atoms with Crippen LogP contribution in [0.15, 0.2) is 24.3 Å². The third-order valence-electron chi connectivity index (χ3n) is 4.21. The number of benzene rings is 1. The third-order valence-corrected chi connectivity index (χ3v) is 4.21. The number of rotatable bonds is 7. The number of aromatic nitrogens is 1. The van der Waals surface area contributed by atoms with E-state index < -0.39 is 23.6 Å². The fourth-order valence-electron chi connectivity index (χ4n) is 2.88. The molecule has 0 saturated carbocycles. The van der Waals surface area contributed by atoms with Crippen molar-refractivity contribution in [2.45, 2.75) is 52.7 Å². The molecule has 0 aliphatic heterocycles. The predicted octanol–water partition coefficient (Wildman–Crippen LogP) is 3.68. The second kappa shape index (κ2) is 10.0. The Labute approximate surface area is 175 Å². The van der Waals surface area contributed by atoms with Crippen LogP contribution in [-0.4, -0.2) is 42.3 Å². The predicted molar refractivity (Wildman–Crippen MR) is 111 cm³/mol. The molecule has 0 radical (unpaired) electrons. The van der Waals surface area contributed by atoms with E-state index in [1.165, 1.54) is 7.11 Å². The summed E-state index contributed by atoms with van der Waals surface area (Å²) in [6.45, 7) is 7.27. The average Bonchev–Trinajstić information content (AvgIpc) is 2.68. The molecule has 0 bridgehead atoms. The zero-order valence-corrected chi connectivity index (χ0v) is 18.0. The van der Waals surface area contributed by atoms with Gasteiger partial charge >= 0.3 is 18.0 Å². The second-order valence-electron chi connectivity index (χ2n) is 7.76. The topological polar surface area (TPSA) is 104 Å². The minimum Gasteiger partial charge on any atom is -0.465 e. The first-order valence-corrected chi connectivity index (χ1v) is 9.71. The van der Waals surface area contributed by atoms with Crippen LogP contribution in [0.25, 0.3) is 10.9 Å². The standard InChI is InChI=1S/C22H28N2O6/c1-14-15-9-6-7-10-16(15)24-17(19(14)20(26)28-5)13-29-18(25)11-8-12-23-21(27)30-22(2,3)4/h6-7,9-10H,8,11-13H2,1-5H3,(H,23,27). The van der Waals surface area contributed by atoms with Gasteiger partial charge in [0.2, 0.25) is 0 Å². The van der Waals surface area contributed by atoms with Crippen molar-refractivity contribution in [1.29, 1.82) is 0 Å².